The third-order valence-corrected chi connectivity index (χ3v) is 7.02. The molecule has 202 valence electrons. The lowest BCUT2D eigenvalue weighted by Gasteiger charge is -2.24. The van der Waals surface area contributed by atoms with Crippen LogP contribution in [0.25, 0.3) is 10.8 Å². The van der Waals surface area contributed by atoms with E-state index in [9.17, 15) is 4.79 Å². The Bertz CT molecular complexity index is 1160. The molecule has 0 spiro atoms. The lowest BCUT2D eigenvalue weighted by Crippen LogP contribution is -2.52. The zero-order chi connectivity index (χ0) is 26.4. The van der Waals surface area contributed by atoms with Crippen molar-refractivity contribution in [3.63, 3.8) is 0 Å². The summed E-state index contributed by atoms with van der Waals surface area (Å²) >= 11 is 0. The van der Waals surface area contributed by atoms with Crippen molar-refractivity contribution in [2.45, 2.75) is 44.7 Å². The predicted molar refractivity (Wildman–Crippen MR) is 157 cm³/mol. The fourth-order valence-electron chi connectivity index (χ4n) is 4.82. The third-order valence-electron chi connectivity index (χ3n) is 7.02. The largest absolute Gasteiger partial charge is 0.354 e. The van der Waals surface area contributed by atoms with E-state index in [4.69, 9.17) is 10.7 Å². The molecule has 2 atom stereocenters. The van der Waals surface area contributed by atoms with Crippen molar-refractivity contribution in [2.75, 3.05) is 32.7 Å². The van der Waals surface area contributed by atoms with E-state index in [1.54, 1.807) is 0 Å². The van der Waals surface area contributed by atoms with Gasteiger partial charge in [-0.15, -0.1) is 0 Å². The standard InChI is InChI=1S/C31H42N6O/c32-16-6-7-18-34-30(38)29(20-24-9-2-1-3-10-24)37-31(36-23-26-11-8-17-33-21-26)35-22-25-14-15-27-12-4-5-13-28(27)19-25/h1-5,9-10,12-15,19,26,29,33H,6-8,11,16-18,20-23,32H2,(H,34,38)(H2,35,36,37). The number of rotatable bonds is 12. The normalized spacial score (nSPS) is 16.7. The molecule has 0 bridgehead atoms. The van der Waals surface area contributed by atoms with Crippen molar-refractivity contribution in [3.05, 3.63) is 83.9 Å². The lowest BCUT2D eigenvalue weighted by molar-refractivity contribution is -0.122. The molecule has 3 aromatic rings. The van der Waals surface area contributed by atoms with Crippen LogP contribution in [-0.2, 0) is 17.8 Å². The quantitative estimate of drug-likeness (QED) is 0.145. The van der Waals surface area contributed by atoms with Crippen LogP contribution in [0.4, 0.5) is 0 Å². The minimum atomic E-state index is -0.442. The smallest absolute Gasteiger partial charge is 0.242 e. The molecular formula is C31H42N6O. The fraction of sp³-hybridized carbons (Fsp3) is 0.419. The van der Waals surface area contributed by atoms with Gasteiger partial charge in [0.2, 0.25) is 5.91 Å². The number of carbonyl (C=O) groups is 1. The summed E-state index contributed by atoms with van der Waals surface area (Å²) in [4.78, 5) is 18.2. The Morgan fingerprint density at radius 1 is 0.974 bits per heavy atom. The Balaban J connectivity index is 1.49. The van der Waals surface area contributed by atoms with Crippen LogP contribution < -0.4 is 27.0 Å². The Labute approximate surface area is 226 Å². The first-order chi connectivity index (χ1) is 18.7. The molecule has 7 heteroatoms. The molecule has 1 amide bonds. The van der Waals surface area contributed by atoms with Gasteiger partial charge >= 0.3 is 0 Å². The first-order valence-electron chi connectivity index (χ1n) is 14.0. The summed E-state index contributed by atoms with van der Waals surface area (Å²) in [7, 11) is 0. The number of piperidine rings is 1. The van der Waals surface area contributed by atoms with E-state index >= 15 is 0 Å². The summed E-state index contributed by atoms with van der Waals surface area (Å²) in [6.07, 6.45) is 4.69. The average molecular weight is 515 g/mol. The minimum Gasteiger partial charge on any atom is -0.354 e. The van der Waals surface area contributed by atoms with Gasteiger partial charge in [0.15, 0.2) is 5.96 Å². The molecule has 4 rings (SSSR count). The zero-order valence-electron chi connectivity index (χ0n) is 22.3. The van der Waals surface area contributed by atoms with Gasteiger partial charge in [0, 0.05) is 26.1 Å². The van der Waals surface area contributed by atoms with Crippen LogP contribution in [0.2, 0.25) is 0 Å². The van der Waals surface area contributed by atoms with Gasteiger partial charge in [0.05, 0.1) is 0 Å². The van der Waals surface area contributed by atoms with Crippen molar-refractivity contribution in [1.29, 1.82) is 0 Å². The molecule has 2 unspecified atom stereocenters. The number of hydrogen-bond donors (Lipinski definition) is 5. The molecule has 6 N–H and O–H groups in total. The van der Waals surface area contributed by atoms with E-state index in [2.05, 4.69) is 75.9 Å². The first kappa shape index (κ1) is 27.6. The van der Waals surface area contributed by atoms with Crippen LogP contribution in [0.1, 0.15) is 36.8 Å². The number of unbranched alkanes of at least 4 members (excludes halogenated alkanes) is 1. The van der Waals surface area contributed by atoms with Crippen molar-refractivity contribution in [2.24, 2.45) is 16.6 Å². The first-order valence-corrected chi connectivity index (χ1v) is 14.0. The van der Waals surface area contributed by atoms with Crippen molar-refractivity contribution in [1.82, 2.24) is 21.3 Å². The van der Waals surface area contributed by atoms with E-state index in [1.165, 1.54) is 29.2 Å². The number of guanidine groups is 1. The molecule has 1 fully saturated rings. The summed E-state index contributed by atoms with van der Waals surface area (Å²) in [5, 5.41) is 16.0. The number of amides is 1. The van der Waals surface area contributed by atoms with Crippen molar-refractivity contribution in [3.8, 4) is 0 Å². The molecule has 0 radical (unpaired) electrons. The van der Waals surface area contributed by atoms with Crippen LogP contribution in [0.3, 0.4) is 0 Å². The molecule has 3 aromatic carbocycles. The third kappa shape index (κ3) is 8.85. The van der Waals surface area contributed by atoms with Gasteiger partial charge in [-0.1, -0.05) is 66.7 Å². The number of nitrogens with two attached hydrogens (primary N) is 1. The van der Waals surface area contributed by atoms with E-state index in [0.717, 1.165) is 38.0 Å². The highest BCUT2D eigenvalue weighted by atomic mass is 16.2. The summed E-state index contributed by atoms with van der Waals surface area (Å²) < 4.78 is 0. The van der Waals surface area contributed by atoms with Crippen LogP contribution >= 0.6 is 0 Å². The van der Waals surface area contributed by atoms with E-state index in [1.807, 2.05) is 18.2 Å². The van der Waals surface area contributed by atoms with Gasteiger partial charge in [-0.2, -0.15) is 0 Å². The maximum absolute atomic E-state index is 13.3. The van der Waals surface area contributed by atoms with Gasteiger partial charge in [0.25, 0.3) is 0 Å². The van der Waals surface area contributed by atoms with Gasteiger partial charge < -0.3 is 27.0 Å². The number of nitrogens with zero attached hydrogens (tertiary/aromatic N) is 1. The monoisotopic (exact) mass is 514 g/mol. The average Bonchev–Trinajstić information content (AvgIpc) is 2.97. The molecule has 1 aliphatic heterocycles. The highest BCUT2D eigenvalue weighted by molar-refractivity contribution is 5.89. The number of carbonyl (C=O) groups excluding carboxylic acids is 1. The Kier molecular flexibility index (Phi) is 11.0. The van der Waals surface area contributed by atoms with E-state index < -0.39 is 6.04 Å². The molecule has 7 nitrogen and oxygen atoms in total. The highest BCUT2D eigenvalue weighted by Gasteiger charge is 2.21. The summed E-state index contributed by atoms with van der Waals surface area (Å²) in [6.45, 7) is 4.65. The van der Waals surface area contributed by atoms with Gasteiger partial charge in [-0.25, -0.2) is 0 Å². The molecule has 38 heavy (non-hydrogen) atoms. The zero-order valence-corrected chi connectivity index (χ0v) is 22.3. The number of fused-ring (bicyclic) bond motifs is 1. The molecule has 0 aromatic heterocycles. The molecule has 0 aliphatic carbocycles. The van der Waals surface area contributed by atoms with Crippen LogP contribution in [0, 0.1) is 5.92 Å². The second-order valence-corrected chi connectivity index (χ2v) is 10.1. The second kappa shape index (κ2) is 15.1. The molecule has 1 heterocycles. The predicted octanol–water partition coefficient (Wildman–Crippen LogP) is 3.34. The molecule has 0 saturated carbocycles. The second-order valence-electron chi connectivity index (χ2n) is 10.1. The highest BCUT2D eigenvalue weighted by Crippen LogP contribution is 2.16. The van der Waals surface area contributed by atoms with Crippen molar-refractivity contribution >= 4 is 22.6 Å². The number of hydrogen-bond acceptors (Lipinski definition) is 4. The topological polar surface area (TPSA) is 104 Å². The maximum atomic E-state index is 13.3. The van der Waals surface area contributed by atoms with Crippen LogP contribution in [0.5, 0.6) is 0 Å². The number of benzene rings is 3. The number of nitrogens with one attached hydrogen (secondary N) is 4. The van der Waals surface area contributed by atoms with Gasteiger partial charge in [0.1, 0.15) is 6.04 Å². The Morgan fingerprint density at radius 3 is 2.58 bits per heavy atom. The van der Waals surface area contributed by atoms with Crippen LogP contribution in [-0.4, -0.2) is 50.6 Å². The minimum absolute atomic E-state index is 0.0228. The molecule has 1 aliphatic rings. The van der Waals surface area contributed by atoms with Crippen molar-refractivity contribution < 1.29 is 4.79 Å². The summed E-state index contributed by atoms with van der Waals surface area (Å²) in [5.74, 6) is 1.15. The summed E-state index contributed by atoms with van der Waals surface area (Å²) in [5.41, 5.74) is 7.90. The lowest BCUT2D eigenvalue weighted by atomic mass is 10.0. The van der Waals surface area contributed by atoms with Gasteiger partial charge in [-0.05, 0) is 79.2 Å². The summed E-state index contributed by atoms with van der Waals surface area (Å²) in [6, 6.07) is 24.6. The van der Waals surface area contributed by atoms with Gasteiger partial charge in [-0.3, -0.25) is 9.79 Å². The maximum Gasteiger partial charge on any atom is 0.242 e. The SMILES string of the molecule is NCCCCNC(=O)C(Cc1ccccc1)NC(=NCC1CCCNC1)NCc1ccc2ccccc2c1. The van der Waals surface area contributed by atoms with Crippen LogP contribution in [0.15, 0.2) is 77.8 Å². The van der Waals surface area contributed by atoms with E-state index in [0.29, 0.717) is 37.9 Å². The van der Waals surface area contributed by atoms with E-state index in [-0.39, 0.29) is 5.91 Å². The molecular weight excluding hydrogens is 472 g/mol. The number of aliphatic imine (C=N–C) groups is 1. The Morgan fingerprint density at radius 2 is 1.79 bits per heavy atom. The molecule has 1 saturated heterocycles. The fourth-order valence-corrected chi connectivity index (χ4v) is 4.82. The Hall–Kier alpha value is -3.42.